The number of allylic oxidation sites excluding steroid dienone is 3. The quantitative estimate of drug-likeness (QED) is 0.472. The van der Waals surface area contributed by atoms with Crippen LogP contribution in [0.25, 0.3) is 16.5 Å². The van der Waals surface area contributed by atoms with E-state index < -0.39 is 0 Å². The molecule has 0 radical (unpaired) electrons. The molecule has 5 atom stereocenters. The first-order valence-electron chi connectivity index (χ1n) is 12.6. The third-order valence-electron chi connectivity index (χ3n) is 9.89. The molecule has 1 aromatic carbocycles. The van der Waals surface area contributed by atoms with Crippen LogP contribution in [0.1, 0.15) is 57.4 Å². The van der Waals surface area contributed by atoms with E-state index in [-0.39, 0.29) is 27.3 Å². The van der Waals surface area contributed by atoms with Gasteiger partial charge in [-0.05, 0) is 60.5 Å². The number of hydroxylamine groups is 3. The van der Waals surface area contributed by atoms with Crippen LogP contribution in [0.2, 0.25) is 0 Å². The zero-order valence-electron chi connectivity index (χ0n) is 19.9. The monoisotopic (exact) mass is 444 g/mol. The molecule has 2 aliphatic heterocycles. The van der Waals surface area contributed by atoms with Crippen molar-refractivity contribution in [1.82, 2.24) is 10.2 Å². The molecule has 1 aromatic heterocycles. The highest BCUT2D eigenvalue weighted by molar-refractivity contribution is 5.84. The molecular weight excluding hydrogens is 410 g/mol. The van der Waals surface area contributed by atoms with Crippen LogP contribution >= 0.6 is 0 Å². The van der Waals surface area contributed by atoms with Crippen molar-refractivity contribution in [2.45, 2.75) is 69.1 Å². The number of aromatic amines is 1. The van der Waals surface area contributed by atoms with Gasteiger partial charge in [-0.25, -0.2) is 5.21 Å². The summed E-state index contributed by atoms with van der Waals surface area (Å²) < 4.78 is 7.36. The Bertz CT molecular complexity index is 1260. The minimum absolute atomic E-state index is 0.0387. The highest BCUT2D eigenvalue weighted by atomic mass is 16.5. The Labute approximate surface area is 195 Å². The van der Waals surface area contributed by atoms with Crippen molar-refractivity contribution in [3.8, 4) is 0 Å². The van der Waals surface area contributed by atoms with Gasteiger partial charge in [-0.1, -0.05) is 37.3 Å². The van der Waals surface area contributed by atoms with Gasteiger partial charge in [0, 0.05) is 29.6 Å². The Morgan fingerprint density at radius 3 is 2.94 bits per heavy atom. The summed E-state index contributed by atoms with van der Waals surface area (Å²) in [4.78, 5) is 0. The minimum atomic E-state index is -0.193. The molecule has 2 unspecified atom stereocenters. The van der Waals surface area contributed by atoms with E-state index in [2.05, 4.69) is 53.5 Å². The van der Waals surface area contributed by atoms with Gasteiger partial charge in [-0.2, -0.15) is 9.75 Å². The Morgan fingerprint density at radius 2 is 2.09 bits per heavy atom. The van der Waals surface area contributed by atoms with Crippen LogP contribution in [0.3, 0.4) is 0 Å². The normalized spacial score (nSPS) is 39.5. The van der Waals surface area contributed by atoms with E-state index in [4.69, 9.17) is 4.74 Å². The average molecular weight is 445 g/mol. The third-order valence-corrected chi connectivity index (χ3v) is 9.89. The van der Waals surface area contributed by atoms with Gasteiger partial charge in [0.05, 0.1) is 37.0 Å². The molecule has 7 rings (SSSR count). The van der Waals surface area contributed by atoms with E-state index in [1.165, 1.54) is 22.3 Å². The van der Waals surface area contributed by atoms with Crippen LogP contribution in [-0.4, -0.2) is 51.4 Å². The van der Waals surface area contributed by atoms with Gasteiger partial charge in [0.1, 0.15) is 6.04 Å². The maximum absolute atomic E-state index is 10.7. The van der Waals surface area contributed by atoms with Crippen LogP contribution in [0.15, 0.2) is 53.8 Å². The number of rotatable bonds is 2. The average Bonchev–Trinajstić information content (AvgIpc) is 3.46. The predicted molar refractivity (Wildman–Crippen MR) is 128 cm³/mol. The van der Waals surface area contributed by atoms with Gasteiger partial charge < -0.3 is 4.74 Å². The lowest BCUT2D eigenvalue weighted by Gasteiger charge is -2.54. The van der Waals surface area contributed by atoms with Crippen LogP contribution < -0.4 is 0 Å². The van der Waals surface area contributed by atoms with Crippen LogP contribution in [0, 0.1) is 11.3 Å². The second kappa shape index (κ2) is 6.26. The fourth-order valence-electron chi connectivity index (χ4n) is 8.05. The predicted octanol–water partition coefficient (Wildman–Crippen LogP) is 5.55. The number of fused-ring (bicyclic) bond motifs is 2. The van der Waals surface area contributed by atoms with Gasteiger partial charge >= 0.3 is 0 Å². The molecule has 1 saturated heterocycles. The molecule has 2 bridgehead atoms. The summed E-state index contributed by atoms with van der Waals surface area (Å²) in [6, 6.07) is 6.94. The molecule has 3 heterocycles. The summed E-state index contributed by atoms with van der Waals surface area (Å²) in [5.41, 5.74) is 6.47. The van der Waals surface area contributed by atoms with Crippen molar-refractivity contribution in [1.29, 1.82) is 0 Å². The summed E-state index contributed by atoms with van der Waals surface area (Å²) in [6.45, 7) is 2.46. The van der Waals surface area contributed by atoms with E-state index in [0.717, 1.165) is 55.8 Å². The molecule has 0 amide bonds. The topological polar surface area (TPSA) is 58.1 Å². The minimum Gasteiger partial charge on any atom is -0.359 e. The van der Waals surface area contributed by atoms with Crippen molar-refractivity contribution in [3.05, 3.63) is 59.3 Å². The Hall–Kier alpha value is -2.21. The first kappa shape index (κ1) is 20.2. The van der Waals surface area contributed by atoms with E-state index in [1.54, 1.807) is 0 Å². The van der Waals surface area contributed by atoms with Gasteiger partial charge in [0.25, 0.3) is 0 Å². The van der Waals surface area contributed by atoms with E-state index in [1.807, 2.05) is 20.3 Å². The zero-order chi connectivity index (χ0) is 22.6. The van der Waals surface area contributed by atoms with Crippen LogP contribution in [0.5, 0.6) is 0 Å². The lowest BCUT2D eigenvalue weighted by atomic mass is 9.58. The SMILES string of the molecule is CC12CC=C3C=C4CCC([N+](C)(C)O)C[C@]45CC[C@]3(O5)[C@@H]1CC=C2c1ccc2cn[nH]c2c1. The zero-order valence-corrected chi connectivity index (χ0v) is 19.9. The molecule has 2 N–H and O–H groups in total. The molecule has 3 aliphatic carbocycles. The van der Waals surface area contributed by atoms with Crippen molar-refractivity contribution in [2.75, 3.05) is 14.1 Å². The number of ether oxygens (including phenoxy) is 1. The number of nitrogens with one attached hydrogen (secondary N) is 1. The van der Waals surface area contributed by atoms with Crippen molar-refractivity contribution in [2.24, 2.45) is 11.3 Å². The molecule has 5 aliphatic rings. The van der Waals surface area contributed by atoms with Crippen LogP contribution in [-0.2, 0) is 4.74 Å². The molecule has 33 heavy (non-hydrogen) atoms. The standard InChI is InChI=1S/C28H34N3O2/c1-26-11-10-21-15-20-6-7-22(31(2,3)32)16-27(20)12-13-28(21,33-27)25(26)9-8-23(26)18-4-5-19-17-29-30-24(19)14-18/h4-5,8,10,14-15,17,22,25,32H,6-7,9,11-13,16H2,1-3H3,(H,29,30)/q+1/t22?,25-,26?,27-,28-/m1/s1. The fourth-order valence-corrected chi connectivity index (χ4v) is 8.05. The molecule has 172 valence electrons. The number of nitrogens with zero attached hydrogens (tertiary/aromatic N) is 2. The molecule has 5 heteroatoms. The highest BCUT2D eigenvalue weighted by Crippen LogP contribution is 2.67. The second-order valence-corrected chi connectivity index (χ2v) is 11.9. The lowest BCUT2D eigenvalue weighted by molar-refractivity contribution is -1.09. The summed E-state index contributed by atoms with van der Waals surface area (Å²) >= 11 is 0. The molecular formula is C28H34N3O2+. The van der Waals surface area contributed by atoms with Crippen LogP contribution in [0.4, 0.5) is 0 Å². The van der Waals surface area contributed by atoms with Gasteiger partial charge in [-0.3, -0.25) is 5.10 Å². The van der Waals surface area contributed by atoms with Crippen molar-refractivity contribution < 1.29 is 14.6 Å². The first-order chi connectivity index (χ1) is 15.7. The first-order valence-corrected chi connectivity index (χ1v) is 12.6. The van der Waals surface area contributed by atoms with Crippen molar-refractivity contribution in [3.63, 3.8) is 0 Å². The van der Waals surface area contributed by atoms with Gasteiger partial charge in [0.2, 0.25) is 0 Å². The molecule has 2 aromatic rings. The molecule has 2 spiro atoms. The van der Waals surface area contributed by atoms with Gasteiger partial charge in [0.15, 0.2) is 0 Å². The summed E-state index contributed by atoms with van der Waals surface area (Å²) in [5.74, 6) is 0.451. The number of hydrogen-bond acceptors (Lipinski definition) is 3. The Morgan fingerprint density at radius 1 is 1.21 bits per heavy atom. The third kappa shape index (κ3) is 2.56. The van der Waals surface area contributed by atoms with Crippen molar-refractivity contribution >= 4 is 16.5 Å². The number of quaternary nitrogens is 1. The summed E-state index contributed by atoms with van der Waals surface area (Å²) in [5, 5.41) is 19.2. The number of aromatic nitrogens is 2. The van der Waals surface area contributed by atoms with E-state index >= 15 is 0 Å². The maximum atomic E-state index is 10.7. The largest absolute Gasteiger partial charge is 0.359 e. The lowest BCUT2D eigenvalue weighted by Crippen LogP contribution is -2.57. The smallest absolute Gasteiger partial charge is 0.122 e. The molecule has 5 nitrogen and oxygen atoms in total. The highest BCUT2D eigenvalue weighted by Gasteiger charge is 2.66. The number of H-pyrrole nitrogens is 1. The Kier molecular flexibility index (Phi) is 3.83. The summed E-state index contributed by atoms with van der Waals surface area (Å²) in [6.07, 6.45) is 16.7. The molecule has 1 saturated carbocycles. The van der Waals surface area contributed by atoms with E-state index in [9.17, 15) is 5.21 Å². The molecule has 2 fully saturated rings. The second-order valence-electron chi connectivity index (χ2n) is 11.9. The Balaban J connectivity index is 1.28. The van der Waals surface area contributed by atoms with Gasteiger partial charge in [-0.15, -0.1) is 0 Å². The van der Waals surface area contributed by atoms with E-state index in [0.29, 0.717) is 5.92 Å². The number of benzene rings is 1. The summed E-state index contributed by atoms with van der Waals surface area (Å²) in [7, 11) is 3.83. The fraction of sp³-hybridized carbons (Fsp3) is 0.536. The number of hydrogen-bond donors (Lipinski definition) is 2. The maximum Gasteiger partial charge on any atom is 0.122 e.